The molecule has 0 unspecified atom stereocenters. The van der Waals surface area contributed by atoms with Crippen LogP contribution in [-0.2, 0) is 14.8 Å². The molecule has 4 N–H and O–H groups in total. The Hall–Kier alpha value is -1.31. The molecule has 0 heterocycles. The van der Waals surface area contributed by atoms with Crippen molar-refractivity contribution < 1.29 is 13.2 Å². The summed E-state index contributed by atoms with van der Waals surface area (Å²) in [7, 11) is -3.30. The van der Waals surface area contributed by atoms with Crippen LogP contribution >= 0.6 is 12.4 Å². The molecule has 1 amide bonds. The van der Waals surface area contributed by atoms with Crippen molar-refractivity contribution >= 4 is 39.7 Å². The van der Waals surface area contributed by atoms with Crippen LogP contribution in [0.4, 0.5) is 11.4 Å². The summed E-state index contributed by atoms with van der Waals surface area (Å²) >= 11 is 0. The first kappa shape index (κ1) is 19.7. The van der Waals surface area contributed by atoms with Crippen LogP contribution in [0.25, 0.3) is 0 Å². The molecule has 0 atom stereocenters. The number of sulfonamides is 1. The molecule has 1 aliphatic carbocycles. The number of hydrogen-bond acceptors (Lipinski definition) is 4. The highest BCUT2D eigenvalue weighted by Crippen LogP contribution is 2.28. The predicted molar refractivity (Wildman–Crippen MR) is 95.4 cm³/mol. The van der Waals surface area contributed by atoms with Gasteiger partial charge in [-0.25, -0.2) is 8.42 Å². The number of halogens is 1. The molecule has 0 saturated heterocycles. The van der Waals surface area contributed by atoms with Crippen molar-refractivity contribution in [1.82, 2.24) is 0 Å². The number of amides is 1. The average Bonchev–Trinajstić information content (AvgIpc) is 2.89. The van der Waals surface area contributed by atoms with Gasteiger partial charge in [0.1, 0.15) is 0 Å². The van der Waals surface area contributed by atoms with E-state index in [-0.39, 0.29) is 24.1 Å². The molecule has 8 heteroatoms. The maximum Gasteiger partial charge on any atom is 0.244 e. The molecule has 0 bridgehead atoms. The Morgan fingerprint density at radius 3 is 2.22 bits per heavy atom. The van der Waals surface area contributed by atoms with E-state index in [2.05, 4.69) is 10.0 Å². The van der Waals surface area contributed by atoms with E-state index < -0.39 is 15.6 Å². The zero-order chi connectivity index (χ0) is 16.2. The summed E-state index contributed by atoms with van der Waals surface area (Å²) < 4.78 is 25.9. The van der Waals surface area contributed by atoms with Crippen molar-refractivity contribution in [2.75, 3.05) is 15.8 Å². The topological polar surface area (TPSA) is 101 Å². The van der Waals surface area contributed by atoms with Gasteiger partial charge in [-0.15, -0.1) is 12.4 Å². The van der Waals surface area contributed by atoms with Crippen molar-refractivity contribution in [2.24, 2.45) is 5.73 Å². The van der Waals surface area contributed by atoms with E-state index in [1.165, 1.54) is 0 Å². The number of nitrogens with one attached hydrogen (secondary N) is 2. The summed E-state index contributed by atoms with van der Waals surface area (Å²) in [6, 6.07) is 6.58. The molecule has 1 aromatic rings. The lowest BCUT2D eigenvalue weighted by atomic mass is 9.98. The van der Waals surface area contributed by atoms with Gasteiger partial charge >= 0.3 is 0 Å². The lowest BCUT2D eigenvalue weighted by molar-refractivity contribution is -0.121. The average molecular weight is 362 g/mol. The first-order valence-electron chi connectivity index (χ1n) is 7.55. The van der Waals surface area contributed by atoms with E-state index in [1.807, 2.05) is 6.92 Å². The molecule has 130 valence electrons. The van der Waals surface area contributed by atoms with Gasteiger partial charge in [-0.05, 0) is 43.5 Å². The van der Waals surface area contributed by atoms with Gasteiger partial charge in [0.25, 0.3) is 0 Å². The third-order valence-electron chi connectivity index (χ3n) is 3.84. The fourth-order valence-electron chi connectivity index (χ4n) is 2.61. The molecule has 1 aromatic carbocycles. The number of rotatable bonds is 6. The van der Waals surface area contributed by atoms with Crippen LogP contribution in [0.1, 0.15) is 39.0 Å². The maximum absolute atomic E-state index is 12.2. The third-order valence-corrected chi connectivity index (χ3v) is 5.33. The summed E-state index contributed by atoms with van der Waals surface area (Å²) in [5, 5.41) is 2.80. The molecule has 0 radical (unpaired) electrons. The molecule has 1 fully saturated rings. The Morgan fingerprint density at radius 1 is 1.17 bits per heavy atom. The van der Waals surface area contributed by atoms with Gasteiger partial charge in [-0.2, -0.15) is 0 Å². The van der Waals surface area contributed by atoms with Gasteiger partial charge in [0.15, 0.2) is 0 Å². The molecule has 1 aliphatic rings. The summed E-state index contributed by atoms with van der Waals surface area (Å²) in [6.45, 7) is 1.81. The second-order valence-electron chi connectivity index (χ2n) is 5.82. The second-order valence-corrected chi connectivity index (χ2v) is 7.66. The minimum atomic E-state index is -3.30. The first-order valence-corrected chi connectivity index (χ1v) is 9.21. The highest BCUT2D eigenvalue weighted by Gasteiger charge is 2.36. The van der Waals surface area contributed by atoms with Crippen molar-refractivity contribution in [1.29, 1.82) is 0 Å². The minimum absolute atomic E-state index is 0. The Labute approximate surface area is 143 Å². The quantitative estimate of drug-likeness (QED) is 0.724. The third kappa shape index (κ3) is 5.37. The van der Waals surface area contributed by atoms with E-state index in [0.717, 1.165) is 12.8 Å². The van der Waals surface area contributed by atoms with E-state index in [9.17, 15) is 13.2 Å². The fourth-order valence-corrected chi connectivity index (χ4v) is 3.74. The molecule has 0 aliphatic heterocycles. The van der Waals surface area contributed by atoms with Crippen LogP contribution in [0.2, 0.25) is 0 Å². The Balaban J connectivity index is 0.00000264. The molecule has 1 saturated carbocycles. The predicted octanol–water partition coefficient (Wildman–Crippen LogP) is 2.47. The monoisotopic (exact) mass is 361 g/mol. The van der Waals surface area contributed by atoms with E-state index in [0.29, 0.717) is 30.6 Å². The lowest BCUT2D eigenvalue weighted by Gasteiger charge is -2.22. The number of carbonyl (C=O) groups is 1. The number of nitrogens with two attached hydrogens (primary N) is 1. The number of benzene rings is 1. The van der Waals surface area contributed by atoms with E-state index >= 15 is 0 Å². The zero-order valence-electron chi connectivity index (χ0n) is 13.2. The van der Waals surface area contributed by atoms with Crippen molar-refractivity contribution in [2.45, 2.75) is 44.6 Å². The summed E-state index contributed by atoms with van der Waals surface area (Å²) in [4.78, 5) is 12.2. The lowest BCUT2D eigenvalue weighted by Crippen LogP contribution is -2.48. The maximum atomic E-state index is 12.2. The van der Waals surface area contributed by atoms with Gasteiger partial charge in [0.2, 0.25) is 15.9 Å². The highest BCUT2D eigenvalue weighted by molar-refractivity contribution is 7.92. The Kier molecular flexibility index (Phi) is 6.85. The second kappa shape index (κ2) is 7.99. The number of carbonyl (C=O) groups excluding carboxylic acids is 1. The Morgan fingerprint density at radius 2 is 1.70 bits per heavy atom. The number of anilines is 2. The normalized spacial score (nSPS) is 16.4. The van der Waals surface area contributed by atoms with Gasteiger partial charge in [0.05, 0.1) is 11.3 Å². The molecule has 2 rings (SSSR count). The molecule has 0 aromatic heterocycles. The van der Waals surface area contributed by atoms with Crippen LogP contribution in [0.5, 0.6) is 0 Å². The minimum Gasteiger partial charge on any atom is -0.324 e. The Bertz CT molecular complexity index is 626. The molecular formula is C15H24ClN3O3S. The van der Waals surface area contributed by atoms with Crippen LogP contribution < -0.4 is 15.8 Å². The van der Waals surface area contributed by atoms with E-state index in [1.54, 1.807) is 24.3 Å². The molecule has 0 spiro atoms. The van der Waals surface area contributed by atoms with Crippen LogP contribution in [0.3, 0.4) is 0 Å². The smallest absolute Gasteiger partial charge is 0.244 e. The molecular weight excluding hydrogens is 338 g/mol. The molecule has 6 nitrogen and oxygen atoms in total. The van der Waals surface area contributed by atoms with Gasteiger partial charge < -0.3 is 11.1 Å². The van der Waals surface area contributed by atoms with Gasteiger partial charge in [-0.3, -0.25) is 9.52 Å². The van der Waals surface area contributed by atoms with Crippen LogP contribution in [-0.4, -0.2) is 25.6 Å². The van der Waals surface area contributed by atoms with Gasteiger partial charge in [-0.1, -0.05) is 19.8 Å². The van der Waals surface area contributed by atoms with Crippen LogP contribution in [0.15, 0.2) is 24.3 Å². The largest absolute Gasteiger partial charge is 0.324 e. The number of hydrogen-bond donors (Lipinski definition) is 3. The van der Waals surface area contributed by atoms with Gasteiger partial charge in [0, 0.05) is 11.4 Å². The highest BCUT2D eigenvalue weighted by atomic mass is 35.5. The summed E-state index contributed by atoms with van der Waals surface area (Å²) in [5.74, 6) is -0.0921. The van der Waals surface area contributed by atoms with Crippen molar-refractivity contribution in [3.63, 3.8) is 0 Å². The van der Waals surface area contributed by atoms with Crippen molar-refractivity contribution in [3.8, 4) is 0 Å². The fraction of sp³-hybridized carbons (Fsp3) is 0.533. The standard InChI is InChI=1S/C15H23N3O3S.ClH/c1-2-11-22(20,21)18-13-7-5-12(6-8-13)17-14(19)15(16)9-3-4-10-15;/h5-8,18H,2-4,9-11,16H2,1H3,(H,17,19);1H. The molecule has 23 heavy (non-hydrogen) atoms. The zero-order valence-corrected chi connectivity index (χ0v) is 14.8. The summed E-state index contributed by atoms with van der Waals surface area (Å²) in [5.41, 5.74) is 6.41. The first-order chi connectivity index (χ1) is 10.3. The SMILES string of the molecule is CCCS(=O)(=O)Nc1ccc(NC(=O)C2(N)CCCC2)cc1.Cl. The van der Waals surface area contributed by atoms with E-state index in [4.69, 9.17) is 5.73 Å². The summed E-state index contributed by atoms with van der Waals surface area (Å²) in [6.07, 6.45) is 3.91. The van der Waals surface area contributed by atoms with Crippen LogP contribution in [0, 0.1) is 0 Å². The van der Waals surface area contributed by atoms with Crippen molar-refractivity contribution in [3.05, 3.63) is 24.3 Å².